The number of carboxylic acid groups (broad SMARTS) is 1. The Hall–Kier alpha value is -3.03. The minimum absolute atomic E-state index is 0. The van der Waals surface area contributed by atoms with Crippen LogP contribution >= 0.6 is 12.4 Å². The highest BCUT2D eigenvalue weighted by atomic mass is 35.5. The first-order chi connectivity index (χ1) is 13.0. The smallest absolute Gasteiger partial charge is 0.354 e. The summed E-state index contributed by atoms with van der Waals surface area (Å²) < 4.78 is 6.50. The summed E-state index contributed by atoms with van der Waals surface area (Å²) >= 11 is 0. The van der Waals surface area contributed by atoms with Crippen LogP contribution in [0.5, 0.6) is 0 Å². The molecule has 0 aliphatic rings. The van der Waals surface area contributed by atoms with Crippen molar-refractivity contribution in [2.24, 2.45) is 5.73 Å². The molecule has 7 nitrogen and oxygen atoms in total. The van der Waals surface area contributed by atoms with Gasteiger partial charge in [-0.2, -0.15) is 0 Å². The van der Waals surface area contributed by atoms with Crippen LogP contribution in [-0.2, 0) is 17.8 Å². The number of aromatic nitrogens is 1. The van der Waals surface area contributed by atoms with E-state index in [0.29, 0.717) is 41.4 Å². The number of nitrogens with zero attached hydrogens (tertiary/aromatic N) is 1. The number of fused-ring (bicyclic) bond motifs is 1. The van der Waals surface area contributed by atoms with Crippen LogP contribution < -0.4 is 11.6 Å². The van der Waals surface area contributed by atoms with Crippen LogP contribution in [0.1, 0.15) is 38.4 Å². The van der Waals surface area contributed by atoms with Gasteiger partial charge in [0.15, 0.2) is 5.69 Å². The number of benzene rings is 2. The van der Waals surface area contributed by atoms with E-state index in [9.17, 15) is 14.7 Å². The summed E-state index contributed by atoms with van der Waals surface area (Å²) in [6.45, 7) is 0.588. The van der Waals surface area contributed by atoms with Gasteiger partial charge in [0.2, 0.25) is 0 Å². The van der Waals surface area contributed by atoms with Crippen LogP contribution in [0.4, 0.5) is 0 Å². The molecule has 5 N–H and O–H groups in total. The number of carbonyl (C=O) groups is 2. The fourth-order valence-corrected chi connectivity index (χ4v) is 3.08. The van der Waals surface area contributed by atoms with Crippen LogP contribution in [0.2, 0.25) is 0 Å². The molecule has 0 fully saturated rings. The molecule has 28 heavy (non-hydrogen) atoms. The Labute approximate surface area is 168 Å². The molecule has 0 unspecified atom stereocenters. The van der Waals surface area contributed by atoms with E-state index in [0.717, 1.165) is 10.2 Å². The number of carboxylic acids is 1. The lowest BCUT2D eigenvalue weighted by molar-refractivity contribution is 0.0472. The van der Waals surface area contributed by atoms with Gasteiger partial charge in [-0.25, -0.2) is 9.59 Å². The number of halogens is 1. The van der Waals surface area contributed by atoms with Gasteiger partial charge in [0.25, 0.3) is 0 Å². The topological polar surface area (TPSA) is 121 Å². The molecule has 1 aromatic heterocycles. The number of aryl methyl sites for hydroxylation is 1. The minimum atomic E-state index is -1.12. The number of nitrogens with two attached hydrogens (primary N) is 2. The number of nitrogen functional groups attached to an aromatic ring is 1. The van der Waals surface area contributed by atoms with E-state index in [1.807, 2.05) is 30.3 Å². The van der Waals surface area contributed by atoms with Gasteiger partial charge in [0.1, 0.15) is 6.61 Å². The predicted molar refractivity (Wildman–Crippen MR) is 109 cm³/mol. The van der Waals surface area contributed by atoms with Gasteiger partial charge >= 0.3 is 11.9 Å². The first-order valence-corrected chi connectivity index (χ1v) is 8.59. The normalized spacial score (nSPS) is 10.5. The minimum Gasteiger partial charge on any atom is -0.477 e. The Morgan fingerprint density at radius 2 is 1.82 bits per heavy atom. The number of esters is 1. The quantitative estimate of drug-likeness (QED) is 0.412. The molecule has 0 radical (unpaired) electrons. The maximum atomic E-state index is 12.4. The molecule has 0 aliphatic heterocycles. The zero-order chi connectivity index (χ0) is 19.4. The van der Waals surface area contributed by atoms with Crippen molar-refractivity contribution >= 4 is 35.2 Å². The molecule has 8 heteroatoms. The van der Waals surface area contributed by atoms with Gasteiger partial charge in [-0.1, -0.05) is 30.3 Å². The van der Waals surface area contributed by atoms with Gasteiger partial charge in [-0.05, 0) is 48.7 Å². The first-order valence-electron chi connectivity index (χ1n) is 8.59. The van der Waals surface area contributed by atoms with Crippen LogP contribution in [0.15, 0.2) is 48.5 Å². The summed E-state index contributed by atoms with van der Waals surface area (Å²) in [4.78, 5) is 24.0. The molecule has 1 heterocycles. The van der Waals surface area contributed by atoms with Crippen LogP contribution in [0.3, 0.4) is 0 Å². The maximum absolute atomic E-state index is 12.4. The Bertz CT molecular complexity index is 986. The zero-order valence-electron chi connectivity index (χ0n) is 15.1. The highest BCUT2D eigenvalue weighted by Crippen LogP contribution is 2.27. The summed E-state index contributed by atoms with van der Waals surface area (Å²) in [6, 6.07) is 14.2. The second-order valence-electron chi connectivity index (χ2n) is 6.19. The SMILES string of the molecule is Cl.NCCCc1c(C(=O)O)n(N)c2ccc(C(=O)OCc3ccccc3)cc12. The lowest BCUT2D eigenvalue weighted by Gasteiger charge is -2.06. The van der Waals surface area contributed by atoms with E-state index in [1.165, 1.54) is 0 Å². The van der Waals surface area contributed by atoms with Crippen molar-refractivity contribution in [2.45, 2.75) is 19.4 Å². The highest BCUT2D eigenvalue weighted by Gasteiger charge is 2.22. The van der Waals surface area contributed by atoms with Crippen LogP contribution in [0, 0.1) is 0 Å². The molecular weight excluding hydrogens is 382 g/mol. The third-order valence-corrected chi connectivity index (χ3v) is 4.39. The number of ether oxygens (including phenoxy) is 1. The van der Waals surface area contributed by atoms with Crippen LogP contribution in [-0.4, -0.2) is 28.3 Å². The predicted octanol–water partition coefficient (Wildman–Crippen LogP) is 2.72. The van der Waals surface area contributed by atoms with Crippen molar-refractivity contribution < 1.29 is 19.4 Å². The maximum Gasteiger partial charge on any atom is 0.354 e. The lowest BCUT2D eigenvalue weighted by Crippen LogP contribution is -2.17. The standard InChI is InChI=1S/C20H21N3O4.ClH/c21-10-4-7-15-16-11-14(8-9-17(16)23(22)18(15)19(24)25)20(26)27-12-13-5-2-1-3-6-13;/h1-3,5-6,8-9,11H,4,7,10,12,21-22H2,(H,24,25);1H. The van der Waals surface area contributed by atoms with Crippen molar-refractivity contribution in [3.05, 3.63) is 70.9 Å². The fourth-order valence-electron chi connectivity index (χ4n) is 3.08. The number of aromatic carboxylic acids is 1. The summed E-state index contributed by atoms with van der Waals surface area (Å²) in [5.74, 6) is 4.37. The first kappa shape index (κ1) is 21.3. The summed E-state index contributed by atoms with van der Waals surface area (Å²) in [5, 5.41) is 10.1. The fraction of sp³-hybridized carbons (Fsp3) is 0.200. The Morgan fingerprint density at radius 1 is 1.11 bits per heavy atom. The summed E-state index contributed by atoms with van der Waals surface area (Å²) in [7, 11) is 0. The monoisotopic (exact) mass is 403 g/mol. The van der Waals surface area contributed by atoms with Crippen molar-refractivity contribution in [3.63, 3.8) is 0 Å². The average Bonchev–Trinajstić information content (AvgIpc) is 2.96. The van der Waals surface area contributed by atoms with Gasteiger partial charge in [-0.3, -0.25) is 4.68 Å². The van der Waals surface area contributed by atoms with E-state index in [2.05, 4.69) is 0 Å². The van der Waals surface area contributed by atoms with Gasteiger partial charge < -0.3 is 21.4 Å². The van der Waals surface area contributed by atoms with Gasteiger partial charge in [0, 0.05) is 5.39 Å². The summed E-state index contributed by atoms with van der Waals surface area (Å²) in [5.41, 5.74) is 7.92. The molecule has 0 spiro atoms. The molecule has 3 rings (SSSR count). The second-order valence-corrected chi connectivity index (χ2v) is 6.19. The third-order valence-electron chi connectivity index (χ3n) is 4.39. The second kappa shape index (κ2) is 9.25. The molecule has 0 amide bonds. The molecule has 0 atom stereocenters. The number of hydrogen-bond donors (Lipinski definition) is 3. The number of hydrogen-bond acceptors (Lipinski definition) is 5. The third kappa shape index (κ3) is 4.27. The molecular formula is C20H22ClN3O4. The van der Waals surface area contributed by atoms with E-state index in [1.54, 1.807) is 18.2 Å². The van der Waals surface area contributed by atoms with E-state index >= 15 is 0 Å². The molecule has 3 aromatic rings. The molecule has 0 bridgehead atoms. The van der Waals surface area contributed by atoms with Crippen molar-refractivity contribution in [1.82, 2.24) is 4.68 Å². The zero-order valence-corrected chi connectivity index (χ0v) is 15.9. The molecule has 0 aliphatic carbocycles. The van der Waals surface area contributed by atoms with Gasteiger partial charge in [-0.15, -0.1) is 12.4 Å². The number of carbonyl (C=O) groups excluding carboxylic acids is 1. The average molecular weight is 404 g/mol. The molecule has 2 aromatic carbocycles. The Kier molecular flexibility index (Phi) is 7.03. The van der Waals surface area contributed by atoms with Crippen LogP contribution in [0.25, 0.3) is 10.9 Å². The van der Waals surface area contributed by atoms with Gasteiger partial charge in [0.05, 0.1) is 11.1 Å². The lowest BCUT2D eigenvalue weighted by atomic mass is 10.0. The summed E-state index contributed by atoms with van der Waals surface area (Å²) in [6.07, 6.45) is 1.07. The van der Waals surface area contributed by atoms with Crippen molar-refractivity contribution in [3.8, 4) is 0 Å². The molecule has 0 saturated carbocycles. The van der Waals surface area contributed by atoms with Crippen molar-refractivity contribution in [1.29, 1.82) is 0 Å². The highest BCUT2D eigenvalue weighted by molar-refractivity contribution is 6.01. The molecule has 148 valence electrons. The largest absolute Gasteiger partial charge is 0.477 e. The Balaban J connectivity index is 0.00000280. The van der Waals surface area contributed by atoms with Crippen molar-refractivity contribution in [2.75, 3.05) is 12.4 Å². The van der Waals surface area contributed by atoms with E-state index in [-0.39, 0.29) is 24.7 Å². The Morgan fingerprint density at radius 3 is 2.46 bits per heavy atom. The van der Waals surface area contributed by atoms with E-state index in [4.69, 9.17) is 16.3 Å². The number of rotatable bonds is 7. The molecule has 0 saturated heterocycles. The van der Waals surface area contributed by atoms with E-state index < -0.39 is 11.9 Å².